The third-order valence-corrected chi connectivity index (χ3v) is 6.30. The third-order valence-electron chi connectivity index (χ3n) is 6.30. The Balaban J connectivity index is 1.64. The summed E-state index contributed by atoms with van der Waals surface area (Å²) in [5.41, 5.74) is 5.83. The molecule has 0 radical (unpaired) electrons. The lowest BCUT2D eigenvalue weighted by molar-refractivity contribution is -0.146. The van der Waals surface area contributed by atoms with Crippen molar-refractivity contribution in [1.29, 1.82) is 0 Å². The normalized spacial score (nSPS) is 30.8. The van der Waals surface area contributed by atoms with E-state index in [1.807, 2.05) is 0 Å². The van der Waals surface area contributed by atoms with Crippen LogP contribution in [0.25, 0.3) is 0 Å². The number of unbranched alkanes of at least 4 members (excludes halogenated alkanes) is 2. The zero-order valence-corrected chi connectivity index (χ0v) is 15.6. The van der Waals surface area contributed by atoms with Gasteiger partial charge >= 0.3 is 5.97 Å². The Morgan fingerprint density at radius 1 is 1.00 bits per heavy atom. The van der Waals surface area contributed by atoms with Crippen molar-refractivity contribution in [2.24, 2.45) is 23.5 Å². The molecule has 2 saturated carbocycles. The van der Waals surface area contributed by atoms with Gasteiger partial charge in [0.1, 0.15) is 6.10 Å². The SMILES string of the molecule is C=C(CN)C(=O)OC1CCC(C2CCC(CCCCC)CC2)CC1. The first kappa shape index (κ1) is 19.5. The lowest BCUT2D eigenvalue weighted by Gasteiger charge is -2.37. The van der Waals surface area contributed by atoms with Gasteiger partial charge < -0.3 is 10.5 Å². The number of nitrogens with two attached hydrogens (primary N) is 1. The van der Waals surface area contributed by atoms with E-state index in [0.29, 0.717) is 5.57 Å². The topological polar surface area (TPSA) is 52.3 Å². The Kier molecular flexibility index (Phi) is 8.31. The third kappa shape index (κ3) is 5.91. The highest BCUT2D eigenvalue weighted by atomic mass is 16.5. The first-order valence-corrected chi connectivity index (χ1v) is 10.2. The molecular weight excluding hydrogens is 298 g/mol. The molecule has 2 aliphatic carbocycles. The Morgan fingerprint density at radius 3 is 2.12 bits per heavy atom. The zero-order valence-electron chi connectivity index (χ0n) is 15.6. The molecular formula is C21H37NO2. The van der Waals surface area contributed by atoms with Gasteiger partial charge in [-0.15, -0.1) is 0 Å². The maximum Gasteiger partial charge on any atom is 0.334 e. The quantitative estimate of drug-likeness (QED) is 0.386. The molecule has 0 aromatic heterocycles. The maximum atomic E-state index is 11.8. The molecule has 2 N–H and O–H groups in total. The van der Waals surface area contributed by atoms with Crippen LogP contribution >= 0.6 is 0 Å². The van der Waals surface area contributed by atoms with Crippen LogP contribution in [0.2, 0.25) is 0 Å². The minimum atomic E-state index is -0.298. The Bertz CT molecular complexity index is 391. The summed E-state index contributed by atoms with van der Waals surface area (Å²) in [6.45, 7) is 6.14. The fourth-order valence-electron chi connectivity index (χ4n) is 4.63. The molecule has 0 spiro atoms. The number of esters is 1. The molecule has 3 heteroatoms. The predicted molar refractivity (Wildman–Crippen MR) is 99.6 cm³/mol. The van der Waals surface area contributed by atoms with E-state index >= 15 is 0 Å². The molecule has 0 bridgehead atoms. The molecule has 138 valence electrons. The van der Waals surface area contributed by atoms with E-state index in [1.54, 1.807) is 0 Å². The largest absolute Gasteiger partial charge is 0.459 e. The average Bonchev–Trinajstić information content (AvgIpc) is 2.62. The van der Waals surface area contributed by atoms with Gasteiger partial charge in [-0.1, -0.05) is 52.0 Å². The Hall–Kier alpha value is -0.830. The summed E-state index contributed by atoms with van der Waals surface area (Å²) in [5.74, 6) is 2.47. The Labute approximate surface area is 148 Å². The first-order chi connectivity index (χ1) is 11.6. The minimum absolute atomic E-state index is 0.0856. The first-order valence-electron chi connectivity index (χ1n) is 10.2. The van der Waals surface area contributed by atoms with Crippen molar-refractivity contribution >= 4 is 5.97 Å². The smallest absolute Gasteiger partial charge is 0.334 e. The van der Waals surface area contributed by atoms with Gasteiger partial charge in [0.05, 0.1) is 0 Å². The monoisotopic (exact) mass is 335 g/mol. The van der Waals surface area contributed by atoms with E-state index in [9.17, 15) is 4.79 Å². The summed E-state index contributed by atoms with van der Waals surface area (Å²) in [4.78, 5) is 11.8. The molecule has 0 aliphatic heterocycles. The summed E-state index contributed by atoms with van der Waals surface area (Å²) in [5, 5.41) is 0. The van der Waals surface area contributed by atoms with Gasteiger partial charge in [0.2, 0.25) is 0 Å². The summed E-state index contributed by atoms with van der Waals surface area (Å²) in [6.07, 6.45) is 15.9. The van der Waals surface area contributed by atoms with Gasteiger partial charge in [-0.25, -0.2) is 4.79 Å². The van der Waals surface area contributed by atoms with Crippen LogP contribution in [-0.2, 0) is 9.53 Å². The molecule has 24 heavy (non-hydrogen) atoms. The fourth-order valence-corrected chi connectivity index (χ4v) is 4.63. The van der Waals surface area contributed by atoms with E-state index < -0.39 is 0 Å². The van der Waals surface area contributed by atoms with Crippen LogP contribution in [0, 0.1) is 17.8 Å². The van der Waals surface area contributed by atoms with Crippen LogP contribution < -0.4 is 5.73 Å². The summed E-state index contributed by atoms with van der Waals surface area (Å²) in [6, 6.07) is 0. The standard InChI is InChI=1S/C21H37NO2/c1-3-4-5-6-17-7-9-18(10-8-17)19-11-13-20(14-12-19)24-21(23)16(2)15-22/h17-20H,2-15,22H2,1H3. The molecule has 0 saturated heterocycles. The van der Waals surface area contributed by atoms with E-state index in [1.165, 1.54) is 64.2 Å². The number of rotatable bonds is 8. The molecule has 2 fully saturated rings. The fraction of sp³-hybridized carbons (Fsp3) is 0.857. The number of hydrogen-bond acceptors (Lipinski definition) is 3. The van der Waals surface area contributed by atoms with Crippen molar-refractivity contribution in [1.82, 2.24) is 0 Å². The molecule has 2 rings (SSSR count). The van der Waals surface area contributed by atoms with E-state index in [0.717, 1.165) is 30.6 Å². The van der Waals surface area contributed by atoms with Gasteiger partial charge in [0, 0.05) is 12.1 Å². The zero-order chi connectivity index (χ0) is 17.4. The molecule has 0 heterocycles. The summed E-state index contributed by atoms with van der Waals surface area (Å²) >= 11 is 0. The lowest BCUT2D eigenvalue weighted by Crippen LogP contribution is -2.30. The van der Waals surface area contributed by atoms with E-state index in [-0.39, 0.29) is 18.6 Å². The van der Waals surface area contributed by atoms with Gasteiger partial charge in [-0.2, -0.15) is 0 Å². The molecule has 0 amide bonds. The summed E-state index contributed by atoms with van der Waals surface area (Å²) < 4.78 is 5.53. The minimum Gasteiger partial charge on any atom is -0.459 e. The van der Waals surface area contributed by atoms with E-state index in [4.69, 9.17) is 10.5 Å². The second-order valence-electron chi connectivity index (χ2n) is 8.03. The number of ether oxygens (including phenoxy) is 1. The highest BCUT2D eigenvalue weighted by Crippen LogP contribution is 2.41. The molecule has 0 aromatic rings. The second kappa shape index (κ2) is 10.2. The van der Waals surface area contributed by atoms with Crippen LogP contribution in [0.4, 0.5) is 0 Å². The van der Waals surface area contributed by atoms with Gasteiger partial charge in [-0.3, -0.25) is 0 Å². The van der Waals surface area contributed by atoms with Crippen LogP contribution in [0.1, 0.15) is 84.0 Å². The highest BCUT2D eigenvalue weighted by Gasteiger charge is 2.31. The average molecular weight is 336 g/mol. The van der Waals surface area contributed by atoms with E-state index in [2.05, 4.69) is 13.5 Å². The van der Waals surface area contributed by atoms with Crippen molar-refractivity contribution in [3.8, 4) is 0 Å². The van der Waals surface area contributed by atoms with Crippen LogP contribution in [0.15, 0.2) is 12.2 Å². The highest BCUT2D eigenvalue weighted by molar-refractivity contribution is 5.88. The number of hydrogen-bond donors (Lipinski definition) is 1. The van der Waals surface area contributed by atoms with Gasteiger partial charge in [0.15, 0.2) is 0 Å². The van der Waals surface area contributed by atoms with Crippen molar-refractivity contribution in [3.63, 3.8) is 0 Å². The lowest BCUT2D eigenvalue weighted by atomic mass is 9.70. The molecule has 2 aliphatic rings. The van der Waals surface area contributed by atoms with Crippen LogP contribution in [-0.4, -0.2) is 18.6 Å². The van der Waals surface area contributed by atoms with Crippen molar-refractivity contribution in [2.45, 2.75) is 90.1 Å². The Morgan fingerprint density at radius 2 is 1.58 bits per heavy atom. The van der Waals surface area contributed by atoms with Crippen LogP contribution in [0.3, 0.4) is 0 Å². The second-order valence-corrected chi connectivity index (χ2v) is 8.03. The molecule has 0 aromatic carbocycles. The molecule has 0 unspecified atom stereocenters. The van der Waals surface area contributed by atoms with Crippen molar-refractivity contribution in [3.05, 3.63) is 12.2 Å². The van der Waals surface area contributed by atoms with Gasteiger partial charge in [-0.05, 0) is 56.3 Å². The summed E-state index contributed by atoms with van der Waals surface area (Å²) in [7, 11) is 0. The molecule has 3 nitrogen and oxygen atoms in total. The van der Waals surface area contributed by atoms with Crippen LogP contribution in [0.5, 0.6) is 0 Å². The predicted octanol–water partition coefficient (Wildman–Crippen LogP) is 4.99. The van der Waals surface area contributed by atoms with Crippen molar-refractivity contribution in [2.75, 3.05) is 6.54 Å². The number of carbonyl (C=O) groups excluding carboxylic acids is 1. The molecule has 0 atom stereocenters. The number of carbonyl (C=O) groups is 1. The maximum absolute atomic E-state index is 11.8. The van der Waals surface area contributed by atoms with Gasteiger partial charge in [0.25, 0.3) is 0 Å². The van der Waals surface area contributed by atoms with Crippen molar-refractivity contribution < 1.29 is 9.53 Å².